The number of anilines is 1. The zero-order valence-corrected chi connectivity index (χ0v) is 10.6. The number of carbonyl (C=O) groups excluding carboxylic acids is 2. The van der Waals surface area contributed by atoms with E-state index in [0.29, 0.717) is 0 Å². The van der Waals surface area contributed by atoms with Crippen LogP contribution in [0.5, 0.6) is 5.75 Å². The minimum Gasteiger partial charge on any atom is -0.435 e. The van der Waals surface area contributed by atoms with E-state index >= 15 is 0 Å². The molecule has 2 rings (SSSR count). The maximum absolute atomic E-state index is 13.1. The van der Waals surface area contributed by atoms with Gasteiger partial charge in [0.1, 0.15) is 5.75 Å². The Morgan fingerprint density at radius 2 is 2.10 bits per heavy atom. The molecule has 5 nitrogen and oxygen atoms in total. The van der Waals surface area contributed by atoms with Gasteiger partial charge in [0, 0.05) is 11.9 Å². The number of alkyl halides is 3. The lowest BCUT2D eigenvalue weighted by Crippen LogP contribution is -2.63. The Balaban J connectivity index is 2.52. The number of esters is 1. The molecule has 9 heteroatoms. The molecule has 0 unspecified atom stereocenters. The van der Waals surface area contributed by atoms with Crippen molar-refractivity contribution in [2.45, 2.75) is 18.9 Å². The number of fused-ring (bicyclic) bond motifs is 1. The SMILES string of the molecule is CC(=O)O[C@@]1(C(F)(F)F)Oc2ccc(Cl)cc2NC1=O. The summed E-state index contributed by atoms with van der Waals surface area (Å²) in [5.74, 6) is -6.99. The maximum Gasteiger partial charge on any atom is 0.478 e. The van der Waals surface area contributed by atoms with E-state index in [1.165, 1.54) is 12.1 Å². The lowest BCUT2D eigenvalue weighted by atomic mass is 10.1. The molecule has 0 radical (unpaired) electrons. The molecule has 0 saturated carbocycles. The predicted octanol–water partition coefficient (Wildman–Crippen LogP) is 2.49. The van der Waals surface area contributed by atoms with Crippen molar-refractivity contribution in [1.82, 2.24) is 0 Å². The summed E-state index contributed by atoms with van der Waals surface area (Å²) in [6.07, 6.45) is -5.25. The third-order valence-electron chi connectivity index (χ3n) is 2.40. The van der Waals surface area contributed by atoms with Crippen LogP contribution in [0.15, 0.2) is 18.2 Å². The number of ether oxygens (including phenoxy) is 2. The van der Waals surface area contributed by atoms with Crippen molar-refractivity contribution >= 4 is 29.2 Å². The molecule has 1 aromatic rings. The van der Waals surface area contributed by atoms with Crippen molar-refractivity contribution in [3.63, 3.8) is 0 Å². The number of halogens is 4. The molecule has 1 aromatic carbocycles. The molecule has 1 aliphatic heterocycles. The first-order valence-corrected chi connectivity index (χ1v) is 5.60. The first kappa shape index (κ1) is 14.4. The maximum atomic E-state index is 13.1. The van der Waals surface area contributed by atoms with Crippen molar-refractivity contribution < 1.29 is 32.2 Å². The van der Waals surface area contributed by atoms with Crippen LogP contribution < -0.4 is 10.1 Å². The Bertz CT molecular complexity index is 590. The van der Waals surface area contributed by atoms with Crippen molar-refractivity contribution in [3.05, 3.63) is 23.2 Å². The lowest BCUT2D eigenvalue weighted by Gasteiger charge is -2.36. The van der Waals surface area contributed by atoms with E-state index < -0.39 is 23.8 Å². The van der Waals surface area contributed by atoms with Crippen LogP contribution in [0.25, 0.3) is 0 Å². The fraction of sp³-hybridized carbons (Fsp3) is 0.273. The van der Waals surface area contributed by atoms with Crippen LogP contribution in [0.1, 0.15) is 6.92 Å². The molecule has 1 heterocycles. The molecular weight excluding hydrogens is 303 g/mol. The van der Waals surface area contributed by atoms with Gasteiger partial charge in [-0.15, -0.1) is 0 Å². The predicted molar refractivity (Wildman–Crippen MR) is 61.3 cm³/mol. The second kappa shape index (κ2) is 4.55. The Morgan fingerprint density at radius 3 is 2.65 bits per heavy atom. The number of benzene rings is 1. The molecule has 0 aromatic heterocycles. The van der Waals surface area contributed by atoms with E-state index in [1.54, 1.807) is 0 Å². The molecule has 1 aliphatic rings. The van der Waals surface area contributed by atoms with Crippen LogP contribution in [-0.2, 0) is 14.3 Å². The first-order chi connectivity index (χ1) is 9.15. The first-order valence-electron chi connectivity index (χ1n) is 5.22. The molecule has 0 spiro atoms. The second-order valence-electron chi connectivity index (χ2n) is 3.90. The van der Waals surface area contributed by atoms with E-state index in [1.807, 2.05) is 5.32 Å². The van der Waals surface area contributed by atoms with Crippen molar-refractivity contribution in [2.24, 2.45) is 0 Å². The number of hydrogen-bond acceptors (Lipinski definition) is 4. The van der Waals surface area contributed by atoms with E-state index in [0.717, 1.165) is 13.0 Å². The topological polar surface area (TPSA) is 64.6 Å². The largest absolute Gasteiger partial charge is 0.478 e. The lowest BCUT2D eigenvalue weighted by molar-refractivity contribution is -0.320. The van der Waals surface area contributed by atoms with E-state index in [9.17, 15) is 22.8 Å². The summed E-state index contributed by atoms with van der Waals surface area (Å²) in [4.78, 5) is 22.6. The van der Waals surface area contributed by atoms with Crippen molar-refractivity contribution in [1.29, 1.82) is 0 Å². The highest BCUT2D eigenvalue weighted by molar-refractivity contribution is 6.31. The summed E-state index contributed by atoms with van der Waals surface area (Å²) < 4.78 is 48.0. The molecule has 1 amide bonds. The standard InChI is InChI=1S/C11H7ClF3NO4/c1-5(17)19-10(11(13,14)15)9(18)16-7-4-6(12)2-3-8(7)20-10/h2-4H,1H3,(H,16,18)/t10-/m1/s1. The van der Waals surface area contributed by atoms with Gasteiger partial charge < -0.3 is 14.8 Å². The molecule has 1 atom stereocenters. The van der Waals surface area contributed by atoms with Gasteiger partial charge in [-0.05, 0) is 18.2 Å². The summed E-state index contributed by atoms with van der Waals surface area (Å²) >= 11 is 5.66. The molecule has 0 fully saturated rings. The molecule has 108 valence electrons. The third-order valence-corrected chi connectivity index (χ3v) is 2.64. The molecular formula is C11H7ClF3NO4. The fourth-order valence-electron chi connectivity index (χ4n) is 1.61. The van der Waals surface area contributed by atoms with Gasteiger partial charge in [-0.3, -0.25) is 9.59 Å². The molecule has 0 aliphatic carbocycles. The average molecular weight is 310 g/mol. The number of carbonyl (C=O) groups is 2. The highest BCUT2D eigenvalue weighted by Crippen LogP contribution is 2.43. The van der Waals surface area contributed by atoms with Gasteiger partial charge in [-0.25, -0.2) is 0 Å². The summed E-state index contributed by atoms with van der Waals surface area (Å²) in [6, 6.07) is 3.61. The zero-order chi connectivity index (χ0) is 15.1. The number of amides is 1. The Kier molecular flexibility index (Phi) is 3.29. The second-order valence-corrected chi connectivity index (χ2v) is 4.34. The van der Waals surface area contributed by atoms with Gasteiger partial charge in [0.15, 0.2) is 0 Å². The van der Waals surface area contributed by atoms with Gasteiger partial charge in [0.2, 0.25) is 0 Å². The van der Waals surface area contributed by atoms with E-state index in [2.05, 4.69) is 9.47 Å². The molecule has 20 heavy (non-hydrogen) atoms. The minimum atomic E-state index is -5.25. The van der Waals surface area contributed by atoms with Gasteiger partial charge in [-0.1, -0.05) is 11.6 Å². The molecule has 0 bridgehead atoms. The van der Waals surface area contributed by atoms with Crippen LogP contribution in [0, 0.1) is 0 Å². The third kappa shape index (κ3) is 2.26. The van der Waals surface area contributed by atoms with Crippen LogP contribution in [0.3, 0.4) is 0 Å². The minimum absolute atomic E-state index is 0.0467. The van der Waals surface area contributed by atoms with E-state index in [4.69, 9.17) is 11.6 Å². The van der Waals surface area contributed by atoms with Crippen LogP contribution in [0.4, 0.5) is 18.9 Å². The summed E-state index contributed by atoms with van der Waals surface area (Å²) in [6.45, 7) is 0.738. The highest BCUT2D eigenvalue weighted by atomic mass is 35.5. The normalized spacial score (nSPS) is 21.6. The monoisotopic (exact) mass is 309 g/mol. The summed E-state index contributed by atoms with van der Waals surface area (Å²) in [5, 5.41) is 2.15. The number of rotatable bonds is 1. The van der Waals surface area contributed by atoms with Gasteiger partial charge in [0.05, 0.1) is 5.69 Å². The molecule has 1 N–H and O–H groups in total. The van der Waals surface area contributed by atoms with Crippen LogP contribution >= 0.6 is 11.6 Å². The Labute approximate surface area is 115 Å². The summed E-state index contributed by atoms with van der Waals surface area (Å²) in [7, 11) is 0. The Hall–Kier alpha value is -1.96. The van der Waals surface area contributed by atoms with Gasteiger partial charge >= 0.3 is 23.8 Å². The van der Waals surface area contributed by atoms with E-state index in [-0.39, 0.29) is 16.5 Å². The highest BCUT2D eigenvalue weighted by Gasteiger charge is 2.69. The van der Waals surface area contributed by atoms with Crippen LogP contribution in [0.2, 0.25) is 5.02 Å². The average Bonchev–Trinajstić information content (AvgIpc) is 2.28. The number of nitrogens with one attached hydrogen (secondary N) is 1. The Morgan fingerprint density at radius 1 is 1.45 bits per heavy atom. The van der Waals surface area contributed by atoms with Crippen LogP contribution in [-0.4, -0.2) is 23.8 Å². The van der Waals surface area contributed by atoms with Crippen molar-refractivity contribution in [3.8, 4) is 5.75 Å². The molecule has 0 saturated heterocycles. The smallest absolute Gasteiger partial charge is 0.435 e. The van der Waals surface area contributed by atoms with Gasteiger partial charge in [-0.2, -0.15) is 13.2 Å². The summed E-state index contributed by atoms with van der Waals surface area (Å²) in [5.41, 5.74) is -0.0467. The van der Waals surface area contributed by atoms with Gasteiger partial charge in [0.25, 0.3) is 0 Å². The number of hydrogen-bond donors (Lipinski definition) is 1. The fourth-order valence-corrected chi connectivity index (χ4v) is 1.78. The van der Waals surface area contributed by atoms with Crippen molar-refractivity contribution in [2.75, 3.05) is 5.32 Å². The zero-order valence-electron chi connectivity index (χ0n) is 9.88. The quantitative estimate of drug-likeness (QED) is 0.810.